The van der Waals surface area contributed by atoms with E-state index in [1.165, 1.54) is 0 Å². The van der Waals surface area contributed by atoms with Crippen LogP contribution >= 0.6 is 0 Å². The molecule has 0 atom stereocenters. The summed E-state index contributed by atoms with van der Waals surface area (Å²) in [6.45, 7) is 4.42. The molecule has 0 aliphatic carbocycles. The lowest BCUT2D eigenvalue weighted by Crippen LogP contribution is -2.37. The molecule has 1 aliphatic rings. The van der Waals surface area contributed by atoms with E-state index in [0.717, 1.165) is 11.3 Å². The first-order chi connectivity index (χ1) is 14.4. The van der Waals surface area contributed by atoms with Gasteiger partial charge in [0, 0.05) is 36.6 Å². The zero-order valence-corrected chi connectivity index (χ0v) is 16.8. The van der Waals surface area contributed by atoms with Gasteiger partial charge in [-0.3, -0.25) is 14.4 Å². The maximum Gasteiger partial charge on any atom is 0.303 e. The zero-order valence-electron chi connectivity index (χ0n) is 16.8. The lowest BCUT2D eigenvalue weighted by Gasteiger charge is -2.30. The maximum absolute atomic E-state index is 13.1. The molecule has 1 fully saturated rings. The first-order valence-corrected chi connectivity index (χ1v) is 9.79. The van der Waals surface area contributed by atoms with Crippen LogP contribution in [0.2, 0.25) is 0 Å². The summed E-state index contributed by atoms with van der Waals surface area (Å²) in [5.41, 5.74) is 3.34. The Morgan fingerprint density at radius 2 is 1.73 bits per heavy atom. The Labute approximate surface area is 174 Å². The molecule has 3 rings (SSSR count). The number of aliphatic carboxylic acids is 1. The summed E-state index contributed by atoms with van der Waals surface area (Å²) >= 11 is 0. The van der Waals surface area contributed by atoms with Crippen molar-refractivity contribution in [3.05, 3.63) is 53.6 Å². The van der Waals surface area contributed by atoms with Gasteiger partial charge in [0.2, 0.25) is 5.91 Å². The van der Waals surface area contributed by atoms with Crippen molar-refractivity contribution in [2.75, 3.05) is 41.8 Å². The zero-order chi connectivity index (χ0) is 21.5. The Hall–Kier alpha value is -3.39. The van der Waals surface area contributed by atoms with Gasteiger partial charge in [0.1, 0.15) is 0 Å². The number of benzene rings is 2. The van der Waals surface area contributed by atoms with Crippen molar-refractivity contribution in [2.45, 2.75) is 19.8 Å². The van der Waals surface area contributed by atoms with Crippen LogP contribution in [-0.2, 0) is 14.3 Å². The van der Waals surface area contributed by atoms with Gasteiger partial charge in [-0.25, -0.2) is 0 Å². The highest BCUT2D eigenvalue weighted by atomic mass is 16.5. The lowest BCUT2D eigenvalue weighted by molar-refractivity contribution is -0.138. The van der Waals surface area contributed by atoms with Crippen LogP contribution in [0.15, 0.2) is 42.5 Å². The van der Waals surface area contributed by atoms with Gasteiger partial charge in [0.15, 0.2) is 0 Å². The van der Waals surface area contributed by atoms with E-state index >= 15 is 0 Å². The Morgan fingerprint density at radius 1 is 1.00 bits per heavy atom. The number of hydrogen-bond donors (Lipinski definition) is 3. The quantitative estimate of drug-likeness (QED) is 0.647. The highest BCUT2D eigenvalue weighted by Crippen LogP contribution is 2.27. The number of rotatable bonds is 7. The third kappa shape index (κ3) is 5.81. The van der Waals surface area contributed by atoms with Crippen molar-refractivity contribution < 1.29 is 24.2 Å². The van der Waals surface area contributed by atoms with Gasteiger partial charge in [-0.05, 0) is 42.8 Å². The number of nitrogens with zero attached hydrogens (tertiary/aromatic N) is 1. The number of ether oxygens (including phenoxy) is 1. The van der Waals surface area contributed by atoms with E-state index < -0.39 is 11.9 Å². The summed E-state index contributed by atoms with van der Waals surface area (Å²) in [6, 6.07) is 12.6. The molecule has 8 heteroatoms. The van der Waals surface area contributed by atoms with Gasteiger partial charge in [-0.2, -0.15) is 0 Å². The van der Waals surface area contributed by atoms with Crippen LogP contribution in [0, 0.1) is 6.92 Å². The predicted molar refractivity (Wildman–Crippen MR) is 114 cm³/mol. The average Bonchev–Trinajstić information content (AvgIpc) is 2.73. The largest absolute Gasteiger partial charge is 0.481 e. The van der Waals surface area contributed by atoms with Crippen LogP contribution in [0.3, 0.4) is 0 Å². The molecule has 0 spiro atoms. The smallest absolute Gasteiger partial charge is 0.303 e. The molecule has 30 heavy (non-hydrogen) atoms. The molecule has 1 heterocycles. The van der Waals surface area contributed by atoms with Crippen molar-refractivity contribution in [1.29, 1.82) is 0 Å². The molecule has 158 valence electrons. The number of hydrogen-bond acceptors (Lipinski definition) is 5. The molecule has 0 unspecified atom stereocenters. The van der Waals surface area contributed by atoms with Gasteiger partial charge < -0.3 is 25.4 Å². The van der Waals surface area contributed by atoms with E-state index in [0.29, 0.717) is 43.2 Å². The van der Waals surface area contributed by atoms with Crippen LogP contribution in [-0.4, -0.2) is 49.2 Å². The van der Waals surface area contributed by atoms with Crippen LogP contribution < -0.4 is 15.5 Å². The van der Waals surface area contributed by atoms with E-state index in [2.05, 4.69) is 15.5 Å². The molecule has 1 saturated heterocycles. The van der Waals surface area contributed by atoms with E-state index in [1.807, 2.05) is 31.2 Å². The van der Waals surface area contributed by atoms with Crippen molar-refractivity contribution in [3.63, 3.8) is 0 Å². The van der Waals surface area contributed by atoms with Gasteiger partial charge >= 0.3 is 5.97 Å². The maximum atomic E-state index is 13.1. The Bertz CT molecular complexity index is 938. The van der Waals surface area contributed by atoms with Crippen LogP contribution in [0.1, 0.15) is 28.8 Å². The summed E-state index contributed by atoms with van der Waals surface area (Å²) in [4.78, 5) is 37.8. The molecule has 8 nitrogen and oxygen atoms in total. The normalized spacial score (nSPS) is 13.6. The minimum Gasteiger partial charge on any atom is -0.481 e. The molecule has 2 aromatic carbocycles. The van der Waals surface area contributed by atoms with E-state index in [9.17, 15) is 14.4 Å². The summed E-state index contributed by atoms with van der Waals surface area (Å²) in [6.07, 6.45) is -0.385. The van der Waals surface area contributed by atoms with Gasteiger partial charge in [0.05, 0.1) is 25.2 Å². The minimum absolute atomic E-state index is 0.134. The third-order valence-corrected chi connectivity index (χ3v) is 4.72. The molecule has 2 aromatic rings. The third-order valence-electron chi connectivity index (χ3n) is 4.72. The van der Waals surface area contributed by atoms with E-state index in [-0.39, 0.29) is 18.7 Å². The molecule has 0 saturated carbocycles. The fourth-order valence-electron chi connectivity index (χ4n) is 3.24. The van der Waals surface area contributed by atoms with Gasteiger partial charge in [0.25, 0.3) is 5.91 Å². The molecule has 2 amide bonds. The molecule has 0 aromatic heterocycles. The molecule has 3 N–H and O–H groups in total. The number of carboxylic acids is 1. The fraction of sp³-hybridized carbons (Fsp3) is 0.318. The highest BCUT2D eigenvalue weighted by molar-refractivity contribution is 6.09. The van der Waals surface area contributed by atoms with Crippen molar-refractivity contribution in [2.24, 2.45) is 0 Å². The second-order valence-corrected chi connectivity index (χ2v) is 7.10. The first kappa shape index (κ1) is 21.3. The molecule has 0 radical (unpaired) electrons. The summed E-state index contributed by atoms with van der Waals surface area (Å²) < 4.78 is 5.41. The number of carbonyl (C=O) groups excluding carboxylic acids is 2. The van der Waals surface area contributed by atoms with Crippen molar-refractivity contribution in [1.82, 2.24) is 0 Å². The van der Waals surface area contributed by atoms with E-state index in [1.54, 1.807) is 18.2 Å². The molecule has 0 bridgehead atoms. The Kier molecular flexibility index (Phi) is 7.03. The molecular formula is C22H25N3O5. The minimum atomic E-state index is -1.04. The number of anilines is 3. The topological polar surface area (TPSA) is 108 Å². The van der Waals surface area contributed by atoms with Crippen LogP contribution in [0.4, 0.5) is 17.1 Å². The van der Waals surface area contributed by atoms with Crippen LogP contribution in [0.25, 0.3) is 0 Å². The first-order valence-electron chi connectivity index (χ1n) is 9.79. The highest BCUT2D eigenvalue weighted by Gasteiger charge is 2.20. The lowest BCUT2D eigenvalue weighted by atomic mass is 10.1. The molecular weight excluding hydrogens is 386 g/mol. The number of nitrogens with one attached hydrogen (secondary N) is 2. The van der Waals surface area contributed by atoms with Gasteiger partial charge in [-0.15, -0.1) is 0 Å². The second-order valence-electron chi connectivity index (χ2n) is 7.10. The average molecular weight is 411 g/mol. The number of aryl methyl sites for hydroxylation is 1. The Balaban J connectivity index is 1.84. The number of carboxylic acid groups (broad SMARTS) is 1. The van der Waals surface area contributed by atoms with Crippen molar-refractivity contribution in [3.8, 4) is 0 Å². The number of morpholine rings is 1. The predicted octanol–water partition coefficient (Wildman–Crippen LogP) is 2.89. The van der Waals surface area contributed by atoms with E-state index in [4.69, 9.17) is 9.84 Å². The van der Waals surface area contributed by atoms with Crippen LogP contribution in [0.5, 0.6) is 0 Å². The summed E-state index contributed by atoms with van der Waals surface area (Å²) in [5, 5.41) is 14.3. The molecule has 1 aliphatic heterocycles. The second kappa shape index (κ2) is 9.89. The number of carbonyl (C=O) groups is 3. The summed E-state index contributed by atoms with van der Waals surface area (Å²) in [5.74, 6) is -1.74. The monoisotopic (exact) mass is 411 g/mol. The van der Waals surface area contributed by atoms with Gasteiger partial charge in [-0.1, -0.05) is 12.1 Å². The SMILES string of the molecule is Cc1cccc(NC(=O)c2cc(NC(=O)CCC(=O)O)ccc2N2CCOCC2)c1. The Morgan fingerprint density at radius 3 is 2.43 bits per heavy atom. The summed E-state index contributed by atoms with van der Waals surface area (Å²) in [7, 11) is 0. The standard InChI is InChI=1S/C22H25N3O5/c1-15-3-2-4-16(13-15)24-22(29)18-14-17(23-20(26)7-8-21(27)28)5-6-19(18)25-9-11-30-12-10-25/h2-6,13-14H,7-12H2,1H3,(H,23,26)(H,24,29)(H,27,28). The number of amides is 2. The fourth-order valence-corrected chi connectivity index (χ4v) is 3.24. The van der Waals surface area contributed by atoms with Crippen molar-refractivity contribution >= 4 is 34.8 Å².